The molecule has 2 fully saturated rings. The molecule has 10 heteroatoms. The summed E-state index contributed by atoms with van der Waals surface area (Å²) >= 11 is 5.31. The van der Waals surface area contributed by atoms with Gasteiger partial charge in [-0.1, -0.05) is 0 Å². The number of amides is 2. The number of non-ortho nitro benzene ring substituents is 1. The molecule has 1 atom stereocenters. The Hall–Kier alpha value is -2.75. The largest absolute Gasteiger partial charge is 0.351 e. The van der Waals surface area contributed by atoms with Gasteiger partial charge in [0.1, 0.15) is 6.04 Å². The Morgan fingerprint density at radius 2 is 1.79 bits per heavy atom. The standard InChI is InChI=1S/C19H25N5O4S/c25-17(22-10-3-4-11-22)13-23-12-2-1-5-16(18(23)26)21-19(29)20-14-6-8-15(9-7-14)24(27)28/h6-9,16H,1-5,10-13H2,(H2,20,21,29)/t16-/m0/s1. The van der Waals surface area contributed by atoms with Gasteiger partial charge in [-0.3, -0.25) is 19.7 Å². The van der Waals surface area contributed by atoms with E-state index in [0.717, 1.165) is 38.8 Å². The second-order valence-electron chi connectivity index (χ2n) is 7.30. The van der Waals surface area contributed by atoms with Gasteiger partial charge in [0.15, 0.2) is 5.11 Å². The van der Waals surface area contributed by atoms with Gasteiger partial charge in [0.2, 0.25) is 11.8 Å². The molecule has 2 amide bonds. The number of nitrogens with zero attached hydrogens (tertiary/aromatic N) is 3. The van der Waals surface area contributed by atoms with Crippen molar-refractivity contribution in [1.82, 2.24) is 15.1 Å². The lowest BCUT2D eigenvalue weighted by atomic mass is 10.1. The maximum absolute atomic E-state index is 12.9. The number of anilines is 1. The number of benzene rings is 1. The van der Waals surface area contributed by atoms with Crippen LogP contribution in [-0.4, -0.2) is 63.9 Å². The summed E-state index contributed by atoms with van der Waals surface area (Å²) in [5, 5.41) is 17.0. The molecular formula is C19H25N5O4S. The summed E-state index contributed by atoms with van der Waals surface area (Å²) in [6.07, 6.45) is 4.38. The molecule has 2 heterocycles. The summed E-state index contributed by atoms with van der Waals surface area (Å²) in [6.45, 7) is 2.22. The van der Waals surface area contributed by atoms with Crippen molar-refractivity contribution in [2.24, 2.45) is 0 Å². The Bertz CT molecular complexity index is 779. The van der Waals surface area contributed by atoms with Crippen molar-refractivity contribution in [3.63, 3.8) is 0 Å². The molecule has 0 unspecified atom stereocenters. The highest BCUT2D eigenvalue weighted by molar-refractivity contribution is 7.80. The molecule has 0 bridgehead atoms. The molecule has 2 aliphatic rings. The lowest BCUT2D eigenvalue weighted by Crippen LogP contribution is -2.51. The third-order valence-electron chi connectivity index (χ3n) is 5.21. The van der Waals surface area contributed by atoms with Crippen molar-refractivity contribution in [2.75, 3.05) is 31.5 Å². The number of carbonyl (C=O) groups is 2. The topological polar surface area (TPSA) is 108 Å². The number of likely N-dealkylation sites (tertiary alicyclic amines) is 2. The monoisotopic (exact) mass is 419 g/mol. The van der Waals surface area contributed by atoms with E-state index in [2.05, 4.69) is 10.6 Å². The van der Waals surface area contributed by atoms with E-state index in [4.69, 9.17) is 12.2 Å². The first-order valence-electron chi connectivity index (χ1n) is 9.82. The Labute approximate surface area is 174 Å². The van der Waals surface area contributed by atoms with Crippen molar-refractivity contribution in [2.45, 2.75) is 38.1 Å². The molecular weight excluding hydrogens is 394 g/mol. The fourth-order valence-electron chi connectivity index (χ4n) is 3.62. The summed E-state index contributed by atoms with van der Waals surface area (Å²) in [4.78, 5) is 39.1. The lowest BCUT2D eigenvalue weighted by Gasteiger charge is -2.27. The Balaban J connectivity index is 1.56. The molecule has 9 nitrogen and oxygen atoms in total. The average molecular weight is 420 g/mol. The van der Waals surface area contributed by atoms with Crippen molar-refractivity contribution in [1.29, 1.82) is 0 Å². The number of rotatable bonds is 5. The first-order chi connectivity index (χ1) is 13.9. The van der Waals surface area contributed by atoms with Gasteiger partial charge in [-0.2, -0.15) is 0 Å². The van der Waals surface area contributed by atoms with E-state index in [0.29, 0.717) is 18.7 Å². The zero-order chi connectivity index (χ0) is 20.8. The maximum atomic E-state index is 12.9. The molecule has 0 aromatic heterocycles. The van der Waals surface area contributed by atoms with Gasteiger partial charge in [-0.15, -0.1) is 0 Å². The van der Waals surface area contributed by atoms with Crippen LogP contribution < -0.4 is 10.6 Å². The van der Waals surface area contributed by atoms with E-state index in [9.17, 15) is 19.7 Å². The smallest absolute Gasteiger partial charge is 0.269 e. The van der Waals surface area contributed by atoms with Crippen LogP contribution in [0.15, 0.2) is 24.3 Å². The van der Waals surface area contributed by atoms with E-state index < -0.39 is 11.0 Å². The summed E-state index contributed by atoms with van der Waals surface area (Å²) in [5.74, 6) is -0.119. The minimum atomic E-state index is -0.498. The molecule has 156 valence electrons. The highest BCUT2D eigenvalue weighted by Gasteiger charge is 2.30. The second kappa shape index (κ2) is 9.64. The van der Waals surface area contributed by atoms with Gasteiger partial charge in [0.25, 0.3) is 5.69 Å². The molecule has 3 rings (SSSR count). The fraction of sp³-hybridized carbons (Fsp3) is 0.526. The third kappa shape index (κ3) is 5.63. The molecule has 0 radical (unpaired) electrons. The molecule has 29 heavy (non-hydrogen) atoms. The van der Waals surface area contributed by atoms with Crippen molar-refractivity contribution in [3.8, 4) is 0 Å². The maximum Gasteiger partial charge on any atom is 0.269 e. The molecule has 1 aromatic carbocycles. The Morgan fingerprint density at radius 3 is 2.45 bits per heavy atom. The molecule has 0 spiro atoms. The van der Waals surface area contributed by atoms with E-state index in [-0.39, 0.29) is 29.2 Å². The minimum absolute atomic E-state index is 0.00285. The van der Waals surface area contributed by atoms with Crippen molar-refractivity contribution < 1.29 is 14.5 Å². The van der Waals surface area contributed by atoms with Crippen LogP contribution in [0, 0.1) is 10.1 Å². The van der Waals surface area contributed by atoms with Crippen LogP contribution in [0.4, 0.5) is 11.4 Å². The average Bonchev–Trinajstić information content (AvgIpc) is 3.18. The number of carbonyl (C=O) groups excluding carboxylic acids is 2. The summed E-state index contributed by atoms with van der Waals surface area (Å²) < 4.78 is 0. The predicted molar refractivity (Wildman–Crippen MR) is 112 cm³/mol. The van der Waals surface area contributed by atoms with E-state index in [1.807, 2.05) is 4.90 Å². The zero-order valence-corrected chi connectivity index (χ0v) is 17.0. The van der Waals surface area contributed by atoms with Crippen LogP contribution in [0.5, 0.6) is 0 Å². The van der Waals surface area contributed by atoms with Crippen LogP contribution in [0.25, 0.3) is 0 Å². The zero-order valence-electron chi connectivity index (χ0n) is 16.1. The van der Waals surface area contributed by atoms with Crippen LogP contribution in [0.2, 0.25) is 0 Å². The molecule has 2 saturated heterocycles. The quantitative estimate of drug-likeness (QED) is 0.426. The van der Waals surface area contributed by atoms with Gasteiger partial charge in [-0.05, 0) is 56.5 Å². The molecule has 1 aromatic rings. The number of nitro benzene ring substituents is 1. The number of thiocarbonyl (C=S) groups is 1. The SMILES string of the molecule is O=C(CN1CCCC[C@H](NC(=S)Nc2ccc([N+](=O)[O-])cc2)C1=O)N1CCCC1. The lowest BCUT2D eigenvalue weighted by molar-refractivity contribution is -0.384. The Kier molecular flexibility index (Phi) is 6.97. The molecule has 2 aliphatic heterocycles. The van der Waals surface area contributed by atoms with E-state index in [1.165, 1.54) is 12.1 Å². The predicted octanol–water partition coefficient (Wildman–Crippen LogP) is 1.88. The summed E-state index contributed by atoms with van der Waals surface area (Å²) in [5.41, 5.74) is 0.585. The van der Waals surface area contributed by atoms with Crippen molar-refractivity contribution >= 4 is 40.5 Å². The fourth-order valence-corrected chi connectivity index (χ4v) is 3.88. The minimum Gasteiger partial charge on any atom is -0.351 e. The van der Waals surface area contributed by atoms with Gasteiger partial charge < -0.3 is 20.4 Å². The Morgan fingerprint density at radius 1 is 1.14 bits per heavy atom. The van der Waals surface area contributed by atoms with Crippen molar-refractivity contribution in [3.05, 3.63) is 34.4 Å². The van der Waals surface area contributed by atoms with Gasteiger partial charge >= 0.3 is 0 Å². The molecule has 0 aliphatic carbocycles. The number of hydrogen-bond donors (Lipinski definition) is 2. The molecule has 2 N–H and O–H groups in total. The number of nitro groups is 1. The van der Waals surface area contributed by atoms with E-state index >= 15 is 0 Å². The summed E-state index contributed by atoms with van der Waals surface area (Å²) in [7, 11) is 0. The summed E-state index contributed by atoms with van der Waals surface area (Å²) in [6, 6.07) is 5.38. The van der Waals surface area contributed by atoms with Crippen LogP contribution in [-0.2, 0) is 9.59 Å². The van der Waals surface area contributed by atoms with E-state index in [1.54, 1.807) is 17.0 Å². The highest BCUT2D eigenvalue weighted by atomic mass is 32.1. The van der Waals surface area contributed by atoms with Crippen LogP contribution in [0.3, 0.4) is 0 Å². The third-order valence-corrected chi connectivity index (χ3v) is 5.43. The van der Waals surface area contributed by atoms with Crippen LogP contribution in [0.1, 0.15) is 32.1 Å². The molecule has 0 saturated carbocycles. The van der Waals surface area contributed by atoms with Crippen LogP contribution >= 0.6 is 12.2 Å². The normalized spacial score (nSPS) is 19.6. The number of hydrogen-bond acceptors (Lipinski definition) is 5. The van der Waals surface area contributed by atoms with Gasteiger partial charge in [0.05, 0.1) is 11.5 Å². The van der Waals surface area contributed by atoms with Gasteiger partial charge in [0, 0.05) is 37.5 Å². The van der Waals surface area contributed by atoms with Gasteiger partial charge in [-0.25, -0.2) is 0 Å². The second-order valence-corrected chi connectivity index (χ2v) is 7.71. The first kappa shape index (κ1) is 21.0. The first-order valence-corrected chi connectivity index (χ1v) is 10.2. The number of nitrogens with one attached hydrogen (secondary N) is 2. The highest BCUT2D eigenvalue weighted by Crippen LogP contribution is 2.17.